The van der Waals surface area contributed by atoms with E-state index < -0.39 is 6.10 Å². The fourth-order valence-corrected chi connectivity index (χ4v) is 1.40. The Morgan fingerprint density at radius 2 is 1.94 bits per heavy atom. The van der Waals surface area contributed by atoms with Crippen molar-refractivity contribution in [1.82, 2.24) is 10.2 Å². The minimum absolute atomic E-state index is 0.0620. The standard InChI is InChI=1S/C12H26N2O3/c1-5-14(6-2)12(16)8-13-7-11(15)9-17-10(3)4/h10-11,13,15H,5-9H2,1-4H3. The minimum atomic E-state index is -0.568. The summed E-state index contributed by atoms with van der Waals surface area (Å²) in [6.07, 6.45) is -0.455. The topological polar surface area (TPSA) is 61.8 Å². The first-order valence-electron chi connectivity index (χ1n) is 6.29. The van der Waals surface area contributed by atoms with Crippen LogP contribution >= 0.6 is 0 Å². The zero-order chi connectivity index (χ0) is 13.3. The highest BCUT2D eigenvalue weighted by molar-refractivity contribution is 5.78. The third kappa shape index (κ3) is 8.12. The van der Waals surface area contributed by atoms with Gasteiger partial charge in [-0.25, -0.2) is 0 Å². The molecule has 0 aliphatic heterocycles. The van der Waals surface area contributed by atoms with E-state index in [0.717, 1.165) is 13.1 Å². The van der Waals surface area contributed by atoms with Crippen LogP contribution in [0.3, 0.4) is 0 Å². The Morgan fingerprint density at radius 1 is 1.35 bits per heavy atom. The molecule has 0 rings (SSSR count). The Balaban J connectivity index is 3.65. The Bertz CT molecular complexity index is 206. The van der Waals surface area contributed by atoms with Gasteiger partial charge in [-0.3, -0.25) is 4.79 Å². The van der Waals surface area contributed by atoms with Crippen molar-refractivity contribution < 1.29 is 14.6 Å². The van der Waals surface area contributed by atoms with E-state index >= 15 is 0 Å². The average Bonchev–Trinajstić information content (AvgIpc) is 2.28. The number of ether oxygens (including phenoxy) is 1. The van der Waals surface area contributed by atoms with Crippen LogP contribution in [0, 0.1) is 0 Å². The summed E-state index contributed by atoms with van der Waals surface area (Å²) >= 11 is 0. The Hall–Kier alpha value is -0.650. The second-order valence-electron chi connectivity index (χ2n) is 4.23. The van der Waals surface area contributed by atoms with Crippen molar-refractivity contribution in [3.8, 4) is 0 Å². The maximum Gasteiger partial charge on any atom is 0.236 e. The van der Waals surface area contributed by atoms with E-state index in [-0.39, 0.29) is 18.6 Å². The van der Waals surface area contributed by atoms with E-state index in [4.69, 9.17) is 4.74 Å². The van der Waals surface area contributed by atoms with Gasteiger partial charge in [-0.15, -0.1) is 0 Å². The quantitative estimate of drug-likeness (QED) is 0.611. The number of nitrogens with zero attached hydrogens (tertiary/aromatic N) is 1. The monoisotopic (exact) mass is 246 g/mol. The molecule has 5 nitrogen and oxygen atoms in total. The van der Waals surface area contributed by atoms with Crippen LogP contribution in [0.5, 0.6) is 0 Å². The molecule has 1 unspecified atom stereocenters. The molecule has 0 bridgehead atoms. The average molecular weight is 246 g/mol. The molecule has 0 heterocycles. The first kappa shape index (κ1) is 16.4. The SMILES string of the molecule is CCN(CC)C(=O)CNCC(O)COC(C)C. The van der Waals surface area contributed by atoms with Gasteiger partial charge in [0.2, 0.25) is 5.91 Å². The Morgan fingerprint density at radius 3 is 2.41 bits per heavy atom. The van der Waals surface area contributed by atoms with Crippen LogP contribution in [0.1, 0.15) is 27.7 Å². The molecule has 1 amide bonds. The Kier molecular flexibility index (Phi) is 9.03. The maximum absolute atomic E-state index is 11.6. The molecule has 102 valence electrons. The van der Waals surface area contributed by atoms with Crippen molar-refractivity contribution in [3.63, 3.8) is 0 Å². The molecule has 1 atom stereocenters. The molecule has 0 saturated heterocycles. The highest BCUT2D eigenvalue weighted by atomic mass is 16.5. The van der Waals surface area contributed by atoms with E-state index in [1.807, 2.05) is 27.7 Å². The number of aliphatic hydroxyl groups is 1. The largest absolute Gasteiger partial charge is 0.389 e. The van der Waals surface area contributed by atoms with Crippen molar-refractivity contribution in [2.24, 2.45) is 0 Å². The van der Waals surface area contributed by atoms with Gasteiger partial charge in [0.05, 0.1) is 25.4 Å². The fourth-order valence-electron chi connectivity index (χ4n) is 1.40. The van der Waals surface area contributed by atoms with Crippen molar-refractivity contribution in [3.05, 3.63) is 0 Å². The molecular weight excluding hydrogens is 220 g/mol. The van der Waals surface area contributed by atoms with Crippen LogP contribution in [-0.2, 0) is 9.53 Å². The third-order valence-corrected chi connectivity index (χ3v) is 2.39. The predicted octanol–water partition coefficient (Wildman–Crippen LogP) is 0.230. The molecule has 2 N–H and O–H groups in total. The molecule has 0 aliphatic carbocycles. The molecule has 0 aliphatic rings. The van der Waals surface area contributed by atoms with E-state index in [9.17, 15) is 9.90 Å². The lowest BCUT2D eigenvalue weighted by molar-refractivity contribution is -0.129. The van der Waals surface area contributed by atoms with Gasteiger partial charge in [-0.1, -0.05) is 0 Å². The summed E-state index contributed by atoms with van der Waals surface area (Å²) < 4.78 is 5.27. The summed E-state index contributed by atoms with van der Waals surface area (Å²) in [4.78, 5) is 13.4. The number of nitrogens with one attached hydrogen (secondary N) is 1. The van der Waals surface area contributed by atoms with Gasteiger partial charge in [0.25, 0.3) is 0 Å². The number of carbonyl (C=O) groups excluding carboxylic acids is 1. The molecule has 0 radical (unpaired) electrons. The van der Waals surface area contributed by atoms with Gasteiger partial charge in [-0.05, 0) is 27.7 Å². The molecule has 17 heavy (non-hydrogen) atoms. The maximum atomic E-state index is 11.6. The number of rotatable bonds is 9. The highest BCUT2D eigenvalue weighted by Crippen LogP contribution is 1.91. The molecular formula is C12H26N2O3. The summed E-state index contributed by atoms with van der Waals surface area (Å²) in [5, 5.41) is 12.5. The highest BCUT2D eigenvalue weighted by Gasteiger charge is 2.10. The molecule has 0 aromatic carbocycles. The summed E-state index contributed by atoms with van der Waals surface area (Å²) in [6, 6.07) is 0. The molecule has 5 heteroatoms. The van der Waals surface area contributed by atoms with Gasteiger partial charge in [0.15, 0.2) is 0 Å². The van der Waals surface area contributed by atoms with Crippen molar-refractivity contribution in [2.75, 3.05) is 32.8 Å². The summed E-state index contributed by atoms with van der Waals surface area (Å²) in [5.41, 5.74) is 0. The second kappa shape index (κ2) is 9.39. The summed E-state index contributed by atoms with van der Waals surface area (Å²) in [5.74, 6) is 0.0620. The van der Waals surface area contributed by atoms with Gasteiger partial charge >= 0.3 is 0 Å². The zero-order valence-electron chi connectivity index (χ0n) is 11.4. The van der Waals surface area contributed by atoms with E-state index in [0.29, 0.717) is 13.2 Å². The van der Waals surface area contributed by atoms with Crippen LogP contribution in [-0.4, -0.2) is 60.9 Å². The molecule has 0 spiro atoms. The normalized spacial score (nSPS) is 12.8. The van der Waals surface area contributed by atoms with Crippen LogP contribution in [0.15, 0.2) is 0 Å². The van der Waals surface area contributed by atoms with Crippen LogP contribution in [0.2, 0.25) is 0 Å². The van der Waals surface area contributed by atoms with E-state index in [1.54, 1.807) is 4.90 Å². The van der Waals surface area contributed by atoms with Crippen LogP contribution in [0.25, 0.3) is 0 Å². The Labute approximate surface area is 104 Å². The number of amides is 1. The lowest BCUT2D eigenvalue weighted by atomic mass is 10.3. The minimum Gasteiger partial charge on any atom is -0.389 e. The van der Waals surface area contributed by atoms with Crippen molar-refractivity contribution >= 4 is 5.91 Å². The van der Waals surface area contributed by atoms with Gasteiger partial charge in [-0.2, -0.15) is 0 Å². The fraction of sp³-hybridized carbons (Fsp3) is 0.917. The molecule has 0 aromatic rings. The van der Waals surface area contributed by atoms with Gasteiger partial charge in [0, 0.05) is 19.6 Å². The number of hydrogen-bond acceptors (Lipinski definition) is 4. The first-order valence-corrected chi connectivity index (χ1v) is 6.29. The summed E-state index contributed by atoms with van der Waals surface area (Å²) in [6.45, 7) is 10.1. The second-order valence-corrected chi connectivity index (χ2v) is 4.23. The summed E-state index contributed by atoms with van der Waals surface area (Å²) in [7, 11) is 0. The van der Waals surface area contributed by atoms with E-state index in [2.05, 4.69) is 5.32 Å². The third-order valence-electron chi connectivity index (χ3n) is 2.39. The number of hydrogen-bond donors (Lipinski definition) is 2. The lowest BCUT2D eigenvalue weighted by Crippen LogP contribution is -2.41. The first-order chi connectivity index (χ1) is 8.01. The van der Waals surface area contributed by atoms with Crippen molar-refractivity contribution in [1.29, 1.82) is 0 Å². The number of carbonyl (C=O) groups is 1. The van der Waals surface area contributed by atoms with Gasteiger partial charge in [0.1, 0.15) is 0 Å². The zero-order valence-corrected chi connectivity index (χ0v) is 11.4. The van der Waals surface area contributed by atoms with Crippen LogP contribution in [0.4, 0.5) is 0 Å². The smallest absolute Gasteiger partial charge is 0.236 e. The number of likely N-dealkylation sites (N-methyl/N-ethyl adjacent to an activating group) is 1. The lowest BCUT2D eigenvalue weighted by Gasteiger charge is -2.19. The van der Waals surface area contributed by atoms with Crippen molar-refractivity contribution in [2.45, 2.75) is 39.9 Å². The van der Waals surface area contributed by atoms with Gasteiger partial charge < -0.3 is 20.1 Å². The van der Waals surface area contributed by atoms with Crippen LogP contribution < -0.4 is 5.32 Å². The van der Waals surface area contributed by atoms with E-state index in [1.165, 1.54) is 0 Å². The number of aliphatic hydroxyl groups excluding tert-OH is 1. The molecule has 0 saturated carbocycles. The molecule has 0 fully saturated rings. The molecule has 0 aromatic heterocycles. The predicted molar refractivity (Wildman–Crippen MR) is 67.9 cm³/mol.